The lowest BCUT2D eigenvalue weighted by Gasteiger charge is -2.27. The van der Waals surface area contributed by atoms with E-state index in [2.05, 4.69) is 0 Å². The third kappa shape index (κ3) is 3.76. The molecule has 2 aromatic rings. The minimum absolute atomic E-state index is 0.0104. The maximum absolute atomic E-state index is 12.7. The fraction of sp³-hybridized carbons (Fsp3) is 0.273. The fourth-order valence-electron chi connectivity index (χ4n) is 3.57. The van der Waals surface area contributed by atoms with E-state index in [0.29, 0.717) is 23.5 Å². The number of carbonyl (C=O) groups is 2. The number of rotatable bonds is 7. The summed E-state index contributed by atoms with van der Waals surface area (Å²) in [5, 5.41) is 20.6. The molecule has 1 aliphatic rings. The second-order valence-corrected chi connectivity index (χ2v) is 6.72. The van der Waals surface area contributed by atoms with Crippen LogP contribution in [-0.2, 0) is 16.0 Å². The first-order valence-corrected chi connectivity index (χ1v) is 9.12. The third-order valence-electron chi connectivity index (χ3n) is 5.00. The highest BCUT2D eigenvalue weighted by molar-refractivity contribution is 6.08. The Morgan fingerprint density at radius 3 is 2.38 bits per heavy atom. The second kappa shape index (κ2) is 8.26. The van der Waals surface area contributed by atoms with Gasteiger partial charge in [-0.05, 0) is 37.1 Å². The van der Waals surface area contributed by atoms with Gasteiger partial charge < -0.3 is 24.6 Å². The molecule has 7 nitrogen and oxygen atoms in total. The zero-order chi connectivity index (χ0) is 21.1. The van der Waals surface area contributed by atoms with Gasteiger partial charge in [-0.3, -0.25) is 9.59 Å². The van der Waals surface area contributed by atoms with Crippen molar-refractivity contribution in [1.29, 1.82) is 0 Å². The zero-order valence-corrected chi connectivity index (χ0v) is 16.5. The van der Waals surface area contributed by atoms with Crippen LogP contribution in [0.3, 0.4) is 0 Å². The summed E-state index contributed by atoms with van der Waals surface area (Å²) < 4.78 is 10.5. The van der Waals surface area contributed by atoms with Crippen LogP contribution in [0, 0.1) is 0 Å². The number of Topliss-reactive ketones (excluding diaryl/α,β-unsaturated/α-hetero) is 1. The highest BCUT2D eigenvalue weighted by Crippen LogP contribution is 2.41. The van der Waals surface area contributed by atoms with Crippen LogP contribution in [-0.4, -0.2) is 47.6 Å². The standard InChI is InChI=1S/C22H23NO6/c1-13(24)19-20(15-6-4-5-7-16(15)25)23(22(27)21(19)26)11-10-14-8-9-17(28-2)18(12-14)29-3/h4-9,12,20,25-26H,10-11H2,1-3H3. The number of carbonyl (C=O) groups excluding carboxylic acids is 2. The number of aliphatic hydroxyl groups excluding tert-OH is 1. The lowest BCUT2D eigenvalue weighted by molar-refractivity contribution is -0.129. The predicted octanol–water partition coefficient (Wildman–Crippen LogP) is 2.94. The number of para-hydroxylation sites is 1. The number of phenolic OH excluding ortho intramolecular Hbond substituents is 1. The van der Waals surface area contributed by atoms with Gasteiger partial charge in [0.1, 0.15) is 5.75 Å². The van der Waals surface area contributed by atoms with E-state index in [1.807, 2.05) is 12.1 Å². The molecule has 0 saturated carbocycles. The average molecular weight is 397 g/mol. The highest BCUT2D eigenvalue weighted by atomic mass is 16.5. The summed E-state index contributed by atoms with van der Waals surface area (Å²) in [4.78, 5) is 26.3. The first-order valence-electron chi connectivity index (χ1n) is 9.12. The van der Waals surface area contributed by atoms with Crippen LogP contribution in [0.2, 0.25) is 0 Å². The summed E-state index contributed by atoms with van der Waals surface area (Å²) in [7, 11) is 3.09. The van der Waals surface area contributed by atoms with Crippen LogP contribution in [0.5, 0.6) is 17.2 Å². The van der Waals surface area contributed by atoms with E-state index in [1.54, 1.807) is 38.5 Å². The molecule has 1 unspecified atom stereocenters. The lowest BCUT2D eigenvalue weighted by atomic mass is 9.95. The van der Waals surface area contributed by atoms with E-state index < -0.39 is 23.5 Å². The van der Waals surface area contributed by atoms with Crippen LogP contribution < -0.4 is 9.47 Å². The molecule has 3 rings (SSSR count). The number of hydrogen-bond donors (Lipinski definition) is 2. The van der Waals surface area contributed by atoms with Gasteiger partial charge in [-0.25, -0.2) is 0 Å². The molecule has 2 aromatic carbocycles. The molecular formula is C22H23NO6. The number of ether oxygens (including phenoxy) is 2. The number of aliphatic hydroxyl groups is 1. The Labute approximate surface area is 168 Å². The number of amides is 1. The number of ketones is 1. The van der Waals surface area contributed by atoms with Gasteiger partial charge in [0.15, 0.2) is 23.0 Å². The molecule has 1 amide bonds. The van der Waals surface area contributed by atoms with Crippen LogP contribution >= 0.6 is 0 Å². The Bertz CT molecular complexity index is 981. The summed E-state index contributed by atoms with van der Waals surface area (Å²) in [5.74, 6) is -0.506. The molecule has 0 fully saturated rings. The topological polar surface area (TPSA) is 96.3 Å². The van der Waals surface area contributed by atoms with Crippen molar-refractivity contribution >= 4 is 11.7 Å². The van der Waals surface area contributed by atoms with E-state index in [9.17, 15) is 19.8 Å². The molecule has 29 heavy (non-hydrogen) atoms. The Morgan fingerprint density at radius 1 is 1.07 bits per heavy atom. The van der Waals surface area contributed by atoms with Crippen LogP contribution in [0.4, 0.5) is 0 Å². The minimum atomic E-state index is -0.846. The first-order chi connectivity index (χ1) is 13.9. The number of phenols is 1. The first kappa shape index (κ1) is 20.3. The molecule has 0 saturated heterocycles. The van der Waals surface area contributed by atoms with Crippen molar-refractivity contribution in [3.63, 3.8) is 0 Å². The third-order valence-corrected chi connectivity index (χ3v) is 5.00. The summed E-state index contributed by atoms with van der Waals surface area (Å²) >= 11 is 0. The molecule has 1 atom stereocenters. The van der Waals surface area contributed by atoms with Gasteiger partial charge in [0, 0.05) is 12.1 Å². The zero-order valence-electron chi connectivity index (χ0n) is 16.5. The molecule has 0 spiro atoms. The Kier molecular flexibility index (Phi) is 5.77. The van der Waals surface area contributed by atoms with Crippen LogP contribution in [0.15, 0.2) is 53.8 Å². The van der Waals surface area contributed by atoms with Gasteiger partial charge in [0.2, 0.25) is 0 Å². The number of methoxy groups -OCH3 is 2. The molecule has 152 valence electrons. The molecule has 0 aromatic heterocycles. The molecule has 1 aliphatic heterocycles. The van der Waals surface area contributed by atoms with Crippen molar-refractivity contribution < 1.29 is 29.3 Å². The van der Waals surface area contributed by atoms with Gasteiger partial charge >= 0.3 is 0 Å². The van der Waals surface area contributed by atoms with Gasteiger partial charge in [0.05, 0.1) is 25.8 Å². The number of nitrogens with zero attached hydrogens (tertiary/aromatic N) is 1. The van der Waals surface area contributed by atoms with E-state index in [-0.39, 0.29) is 17.9 Å². The van der Waals surface area contributed by atoms with E-state index in [4.69, 9.17) is 9.47 Å². The van der Waals surface area contributed by atoms with E-state index >= 15 is 0 Å². The normalized spacial score (nSPS) is 16.3. The van der Waals surface area contributed by atoms with E-state index in [0.717, 1.165) is 5.56 Å². The number of aromatic hydroxyl groups is 1. The van der Waals surface area contributed by atoms with Crippen LogP contribution in [0.1, 0.15) is 24.1 Å². The maximum atomic E-state index is 12.7. The van der Waals surface area contributed by atoms with Gasteiger partial charge in [-0.15, -0.1) is 0 Å². The Hall–Kier alpha value is -3.48. The SMILES string of the molecule is COc1ccc(CCN2C(=O)C(O)=C(C(C)=O)C2c2ccccc2O)cc1OC. The molecule has 0 radical (unpaired) electrons. The monoisotopic (exact) mass is 397 g/mol. The van der Waals surface area contributed by atoms with Gasteiger partial charge in [-0.1, -0.05) is 24.3 Å². The van der Waals surface area contributed by atoms with E-state index in [1.165, 1.54) is 17.9 Å². The molecule has 7 heteroatoms. The van der Waals surface area contributed by atoms with Gasteiger partial charge in [0.25, 0.3) is 5.91 Å². The van der Waals surface area contributed by atoms with Crippen molar-refractivity contribution in [2.45, 2.75) is 19.4 Å². The Morgan fingerprint density at radius 2 is 1.76 bits per heavy atom. The maximum Gasteiger partial charge on any atom is 0.290 e. The summed E-state index contributed by atoms with van der Waals surface area (Å²) in [6.07, 6.45) is 0.453. The molecule has 0 bridgehead atoms. The van der Waals surface area contributed by atoms with Crippen molar-refractivity contribution in [2.75, 3.05) is 20.8 Å². The summed E-state index contributed by atoms with van der Waals surface area (Å²) in [5.41, 5.74) is 1.27. The quantitative estimate of drug-likeness (QED) is 0.746. The van der Waals surface area contributed by atoms with Crippen molar-refractivity contribution in [1.82, 2.24) is 4.90 Å². The smallest absolute Gasteiger partial charge is 0.290 e. The van der Waals surface area contributed by atoms with Crippen LogP contribution in [0.25, 0.3) is 0 Å². The molecular weight excluding hydrogens is 374 g/mol. The number of benzene rings is 2. The highest BCUT2D eigenvalue weighted by Gasteiger charge is 2.43. The second-order valence-electron chi connectivity index (χ2n) is 6.72. The van der Waals surface area contributed by atoms with Crippen molar-refractivity contribution in [2.24, 2.45) is 0 Å². The molecule has 0 aliphatic carbocycles. The average Bonchev–Trinajstić information content (AvgIpc) is 2.97. The summed E-state index contributed by atoms with van der Waals surface area (Å²) in [6, 6.07) is 11.1. The Balaban J connectivity index is 1.92. The summed E-state index contributed by atoms with van der Waals surface area (Å²) in [6.45, 7) is 1.53. The molecule has 1 heterocycles. The van der Waals surface area contributed by atoms with Gasteiger partial charge in [-0.2, -0.15) is 0 Å². The fourth-order valence-corrected chi connectivity index (χ4v) is 3.57. The molecule has 2 N–H and O–H groups in total. The number of hydrogen-bond acceptors (Lipinski definition) is 6. The predicted molar refractivity (Wildman–Crippen MR) is 106 cm³/mol. The largest absolute Gasteiger partial charge is 0.508 e. The van der Waals surface area contributed by atoms with Crippen molar-refractivity contribution in [3.8, 4) is 17.2 Å². The van der Waals surface area contributed by atoms with Crippen molar-refractivity contribution in [3.05, 3.63) is 64.9 Å². The minimum Gasteiger partial charge on any atom is -0.508 e. The lowest BCUT2D eigenvalue weighted by Crippen LogP contribution is -2.33.